The smallest absolute Gasteiger partial charge is 0.300 e. The summed E-state index contributed by atoms with van der Waals surface area (Å²) in [7, 11) is -0.00309. The Labute approximate surface area is 72.5 Å². The first kappa shape index (κ1) is 9.22. The normalized spacial score (nSPS) is 11.5. The molecule has 0 radical (unpaired) electrons. The predicted octanol–water partition coefficient (Wildman–Crippen LogP) is 0.0387. The van der Waals surface area contributed by atoms with E-state index in [0.29, 0.717) is 4.90 Å². The van der Waals surface area contributed by atoms with Crippen LogP contribution in [0.4, 0.5) is 0 Å². The highest BCUT2D eigenvalue weighted by Crippen LogP contribution is 2.10. The fourth-order valence-corrected chi connectivity index (χ4v) is 1.93. The van der Waals surface area contributed by atoms with Crippen LogP contribution in [0.1, 0.15) is 5.56 Å². The molecular formula is C8H11NO2S. The van der Waals surface area contributed by atoms with Gasteiger partial charge in [0.15, 0.2) is 0 Å². The minimum absolute atomic E-state index is 0.333. The van der Waals surface area contributed by atoms with Crippen molar-refractivity contribution in [3.63, 3.8) is 0 Å². The van der Waals surface area contributed by atoms with Crippen molar-refractivity contribution in [2.45, 2.75) is 11.8 Å². The van der Waals surface area contributed by atoms with Crippen molar-refractivity contribution in [2.75, 3.05) is 0 Å². The predicted molar refractivity (Wildman–Crippen MR) is 45.6 cm³/mol. The molecule has 12 heavy (non-hydrogen) atoms. The van der Waals surface area contributed by atoms with Crippen molar-refractivity contribution in [3.8, 4) is 0 Å². The summed E-state index contributed by atoms with van der Waals surface area (Å²) >= 11 is 0. The van der Waals surface area contributed by atoms with E-state index in [1.165, 1.54) is 0 Å². The topological polar surface area (TPSA) is 50.8 Å². The molecule has 1 aromatic rings. The second-order valence-electron chi connectivity index (χ2n) is 2.48. The molecule has 0 heterocycles. The average molecular weight is 185 g/mol. The molecule has 66 valence electrons. The van der Waals surface area contributed by atoms with E-state index < -0.39 is 10.0 Å². The Kier molecular flexibility index (Phi) is 2.49. The maximum atomic E-state index is 11.3. The largest absolute Gasteiger partial charge is 0.367 e. The molecule has 0 aromatic heterocycles. The summed E-state index contributed by atoms with van der Waals surface area (Å²) in [6.45, 7) is 1.76. The van der Waals surface area contributed by atoms with E-state index in [0.717, 1.165) is 10.3 Å². The minimum Gasteiger partial charge on any atom is -0.367 e. The number of nitrogens with two attached hydrogens (primary N) is 1. The molecule has 3 nitrogen and oxygen atoms in total. The van der Waals surface area contributed by atoms with Crippen molar-refractivity contribution in [2.24, 2.45) is 0 Å². The molecule has 0 atom stereocenters. The third-order valence-electron chi connectivity index (χ3n) is 1.62. The zero-order chi connectivity index (χ0) is 9.19. The van der Waals surface area contributed by atoms with Gasteiger partial charge in [0.25, 0.3) is 10.0 Å². The van der Waals surface area contributed by atoms with E-state index in [1.807, 2.05) is 0 Å². The van der Waals surface area contributed by atoms with Crippen molar-refractivity contribution in [1.29, 1.82) is 0 Å². The van der Waals surface area contributed by atoms with Gasteiger partial charge in [0.2, 0.25) is 0 Å². The first-order valence-corrected chi connectivity index (χ1v) is 5.06. The van der Waals surface area contributed by atoms with Gasteiger partial charge >= 0.3 is 0 Å². The van der Waals surface area contributed by atoms with E-state index in [2.05, 4.69) is 7.05 Å². The Balaban J connectivity index is 3.30. The standard InChI is InChI=1S/C8H11NO2S/c1-7-5-3-4-6-8(7)12(10,11)9-2/h3-6H,2,9H2,1H3. The van der Waals surface area contributed by atoms with Gasteiger partial charge in [0.1, 0.15) is 4.90 Å². The Morgan fingerprint density at radius 3 is 2.42 bits per heavy atom. The molecule has 0 amide bonds. The van der Waals surface area contributed by atoms with Gasteiger partial charge in [-0.2, -0.15) is 8.42 Å². The zero-order valence-corrected chi connectivity index (χ0v) is 7.64. The molecule has 2 N–H and O–H groups in total. The van der Waals surface area contributed by atoms with E-state index in [1.54, 1.807) is 31.2 Å². The van der Waals surface area contributed by atoms with Crippen molar-refractivity contribution in [1.82, 2.24) is 0 Å². The number of sulfonamides is 1. The highest BCUT2D eigenvalue weighted by atomic mass is 32.2. The Bertz CT molecular complexity index is 370. The van der Waals surface area contributed by atoms with Crippen molar-refractivity contribution < 1.29 is 13.1 Å². The zero-order valence-electron chi connectivity index (χ0n) is 6.82. The number of hydrogen-bond acceptors (Lipinski definition) is 2. The van der Waals surface area contributed by atoms with Crippen LogP contribution in [-0.4, -0.2) is 8.42 Å². The Morgan fingerprint density at radius 2 is 1.92 bits per heavy atom. The summed E-state index contributed by atoms with van der Waals surface area (Å²) in [4.78, 5) is 0.333. The lowest BCUT2D eigenvalue weighted by Crippen LogP contribution is -2.80. The summed E-state index contributed by atoms with van der Waals surface area (Å²) in [5.41, 5.74) is 0.748. The molecule has 0 fully saturated rings. The van der Waals surface area contributed by atoms with E-state index in [-0.39, 0.29) is 0 Å². The average Bonchev–Trinajstić information content (AvgIpc) is 2.05. The summed E-state index contributed by atoms with van der Waals surface area (Å²) < 4.78 is 23.6. The van der Waals surface area contributed by atoms with Crippen LogP contribution in [0.15, 0.2) is 29.2 Å². The summed E-state index contributed by atoms with van der Waals surface area (Å²) in [5.74, 6) is 0. The Hall–Kier alpha value is -0.870. The lowest BCUT2D eigenvalue weighted by molar-refractivity contribution is -0.424. The van der Waals surface area contributed by atoms with Crippen LogP contribution < -0.4 is 4.72 Å². The molecule has 0 aliphatic rings. The third kappa shape index (κ3) is 1.65. The molecule has 0 saturated carbocycles. The molecular weight excluding hydrogens is 174 g/mol. The van der Waals surface area contributed by atoms with Crippen LogP contribution in [0.5, 0.6) is 0 Å². The summed E-state index contributed by atoms with van der Waals surface area (Å²) in [5, 5.41) is 0. The van der Waals surface area contributed by atoms with Crippen LogP contribution >= 0.6 is 0 Å². The number of hydrogen-bond donors (Lipinski definition) is 1. The number of quaternary nitrogens is 1. The third-order valence-corrected chi connectivity index (χ3v) is 3.13. The minimum atomic E-state index is -3.26. The molecule has 0 aliphatic heterocycles. The van der Waals surface area contributed by atoms with Crippen molar-refractivity contribution in [3.05, 3.63) is 36.9 Å². The van der Waals surface area contributed by atoms with E-state index >= 15 is 0 Å². The first-order chi connectivity index (χ1) is 5.58. The monoisotopic (exact) mass is 185 g/mol. The SMILES string of the molecule is [CH2-][NH2+]S(=O)(=O)c1ccccc1C. The van der Waals surface area contributed by atoms with Gasteiger partial charge < -0.3 is 4.72 Å². The molecule has 1 rings (SSSR count). The lowest BCUT2D eigenvalue weighted by atomic mass is 10.2. The van der Waals surface area contributed by atoms with Gasteiger partial charge in [-0.05, 0) is 18.6 Å². The van der Waals surface area contributed by atoms with Gasteiger partial charge in [-0.25, -0.2) is 0 Å². The molecule has 1 aromatic carbocycles. The number of primary sulfonamides is 1. The van der Waals surface area contributed by atoms with Gasteiger partial charge in [-0.1, -0.05) is 18.2 Å². The molecule has 0 bridgehead atoms. The molecule has 0 spiro atoms. The van der Waals surface area contributed by atoms with Gasteiger partial charge in [0.05, 0.1) is 0 Å². The van der Waals surface area contributed by atoms with Crippen LogP contribution in [0.3, 0.4) is 0 Å². The lowest BCUT2D eigenvalue weighted by Gasteiger charge is -2.04. The second-order valence-corrected chi connectivity index (χ2v) is 4.34. The summed E-state index contributed by atoms with van der Waals surface area (Å²) in [6, 6.07) is 6.84. The fourth-order valence-electron chi connectivity index (χ4n) is 0.965. The second kappa shape index (κ2) is 3.25. The van der Waals surface area contributed by atoms with Crippen LogP contribution in [-0.2, 0) is 10.0 Å². The fraction of sp³-hybridized carbons (Fsp3) is 0.125. The van der Waals surface area contributed by atoms with Gasteiger partial charge in [-0.3, -0.25) is 0 Å². The molecule has 0 unspecified atom stereocenters. The maximum Gasteiger partial charge on any atom is 0.300 e. The highest BCUT2D eigenvalue weighted by molar-refractivity contribution is 7.84. The Morgan fingerprint density at radius 1 is 1.33 bits per heavy atom. The van der Waals surface area contributed by atoms with E-state index in [9.17, 15) is 8.42 Å². The van der Waals surface area contributed by atoms with Gasteiger partial charge in [0, 0.05) is 0 Å². The van der Waals surface area contributed by atoms with E-state index in [4.69, 9.17) is 0 Å². The first-order valence-electron chi connectivity index (χ1n) is 3.51. The number of aryl methyl sites for hydroxylation is 1. The number of benzene rings is 1. The molecule has 0 aliphatic carbocycles. The maximum absolute atomic E-state index is 11.3. The van der Waals surface area contributed by atoms with Crippen molar-refractivity contribution >= 4 is 10.0 Å². The van der Waals surface area contributed by atoms with Gasteiger partial charge in [-0.15, -0.1) is 7.05 Å². The molecule has 0 saturated heterocycles. The number of rotatable bonds is 2. The summed E-state index contributed by atoms with van der Waals surface area (Å²) in [6.07, 6.45) is 0. The van der Waals surface area contributed by atoms with Crippen LogP contribution in [0.25, 0.3) is 0 Å². The molecule has 4 heteroatoms. The van der Waals surface area contributed by atoms with Crippen LogP contribution in [0, 0.1) is 14.0 Å². The highest BCUT2D eigenvalue weighted by Gasteiger charge is 2.13. The quantitative estimate of drug-likeness (QED) is 0.661. The van der Waals surface area contributed by atoms with Crippen LogP contribution in [0.2, 0.25) is 0 Å².